The highest BCUT2D eigenvalue weighted by Gasteiger charge is 2.37. The minimum atomic E-state index is -0.406. The molecule has 4 nitrogen and oxygen atoms in total. The fourth-order valence-corrected chi connectivity index (χ4v) is 4.10. The zero-order valence-electron chi connectivity index (χ0n) is 15.0. The van der Waals surface area contributed by atoms with Crippen molar-refractivity contribution in [2.75, 3.05) is 37.7 Å². The summed E-state index contributed by atoms with van der Waals surface area (Å²) in [4.78, 5) is 16.8. The fraction of sp³-hybridized carbons (Fsp3) is 0.381. The van der Waals surface area contributed by atoms with Crippen molar-refractivity contribution in [2.24, 2.45) is 5.92 Å². The lowest BCUT2D eigenvalue weighted by molar-refractivity contribution is 0.0520. The summed E-state index contributed by atoms with van der Waals surface area (Å²) in [5.74, 6) is -0.651. The molecule has 0 saturated carbocycles. The molecule has 0 aromatic heterocycles. The highest BCUT2D eigenvalue weighted by atomic mass is 19.1. The summed E-state index contributed by atoms with van der Waals surface area (Å²) in [5, 5.41) is 0. The smallest absolute Gasteiger partial charge is 0.253 e. The second-order valence-electron chi connectivity index (χ2n) is 7.12. The van der Waals surface area contributed by atoms with Gasteiger partial charge < -0.3 is 14.5 Å². The number of nitrogens with zero attached hydrogens (tertiary/aromatic N) is 2. The first kappa shape index (κ1) is 17.9. The van der Waals surface area contributed by atoms with Gasteiger partial charge in [0, 0.05) is 42.8 Å². The van der Waals surface area contributed by atoms with Crippen LogP contribution in [0.1, 0.15) is 16.8 Å². The van der Waals surface area contributed by atoms with Gasteiger partial charge >= 0.3 is 0 Å². The SMILES string of the molecule is O=C(c1cccc(F)c1)N1CC[C@H]2[C@@H](COCCN2c2ccc(F)cc2)C1. The van der Waals surface area contributed by atoms with Crippen molar-refractivity contribution in [3.63, 3.8) is 0 Å². The van der Waals surface area contributed by atoms with Gasteiger partial charge in [0.05, 0.1) is 13.2 Å². The Morgan fingerprint density at radius 2 is 1.85 bits per heavy atom. The summed E-state index contributed by atoms with van der Waals surface area (Å²) in [6, 6.07) is 12.6. The topological polar surface area (TPSA) is 32.8 Å². The summed E-state index contributed by atoms with van der Waals surface area (Å²) >= 11 is 0. The van der Waals surface area contributed by atoms with Crippen LogP contribution in [0.25, 0.3) is 0 Å². The van der Waals surface area contributed by atoms with Crippen LogP contribution in [0.15, 0.2) is 48.5 Å². The molecule has 0 aliphatic carbocycles. The number of fused-ring (bicyclic) bond motifs is 1. The number of rotatable bonds is 2. The lowest BCUT2D eigenvalue weighted by Gasteiger charge is -2.43. The summed E-state index contributed by atoms with van der Waals surface area (Å²) in [6.45, 7) is 3.09. The predicted octanol–water partition coefficient (Wildman–Crippen LogP) is 3.33. The molecule has 27 heavy (non-hydrogen) atoms. The highest BCUT2D eigenvalue weighted by molar-refractivity contribution is 5.94. The molecule has 1 amide bonds. The van der Waals surface area contributed by atoms with Gasteiger partial charge in [0.25, 0.3) is 5.91 Å². The van der Waals surface area contributed by atoms with Gasteiger partial charge in [-0.2, -0.15) is 0 Å². The number of anilines is 1. The Morgan fingerprint density at radius 1 is 1.04 bits per heavy atom. The fourth-order valence-electron chi connectivity index (χ4n) is 4.10. The maximum absolute atomic E-state index is 13.5. The third-order valence-electron chi connectivity index (χ3n) is 5.42. The number of piperidine rings is 1. The molecular weight excluding hydrogens is 350 g/mol. The van der Waals surface area contributed by atoms with Crippen LogP contribution in [0.3, 0.4) is 0 Å². The molecule has 2 aliphatic rings. The van der Waals surface area contributed by atoms with Crippen LogP contribution in [-0.4, -0.2) is 49.7 Å². The van der Waals surface area contributed by atoms with E-state index in [2.05, 4.69) is 4.90 Å². The zero-order chi connectivity index (χ0) is 18.8. The average Bonchev–Trinajstić information content (AvgIpc) is 2.90. The summed E-state index contributed by atoms with van der Waals surface area (Å²) in [6.07, 6.45) is 0.798. The van der Waals surface area contributed by atoms with Crippen LogP contribution in [0.5, 0.6) is 0 Å². The molecule has 0 unspecified atom stereocenters. The van der Waals surface area contributed by atoms with Crippen LogP contribution >= 0.6 is 0 Å². The maximum Gasteiger partial charge on any atom is 0.253 e. The molecule has 0 spiro atoms. The first-order chi connectivity index (χ1) is 13.1. The summed E-state index contributed by atoms with van der Waals surface area (Å²) in [7, 11) is 0. The van der Waals surface area contributed by atoms with Gasteiger partial charge in [-0.3, -0.25) is 4.79 Å². The molecule has 2 heterocycles. The van der Waals surface area contributed by atoms with E-state index in [4.69, 9.17) is 4.74 Å². The maximum atomic E-state index is 13.5. The average molecular weight is 372 g/mol. The molecule has 0 N–H and O–H groups in total. The monoisotopic (exact) mass is 372 g/mol. The number of hydrogen-bond donors (Lipinski definition) is 0. The van der Waals surface area contributed by atoms with E-state index >= 15 is 0 Å². The van der Waals surface area contributed by atoms with Gasteiger partial charge in [0.2, 0.25) is 0 Å². The van der Waals surface area contributed by atoms with Crippen LogP contribution in [-0.2, 0) is 4.74 Å². The molecule has 6 heteroatoms. The van der Waals surface area contributed by atoms with Crippen molar-refractivity contribution < 1.29 is 18.3 Å². The number of carbonyl (C=O) groups is 1. The standard InChI is InChI=1S/C21H22F2N2O2/c22-17-4-6-19(7-5-17)25-10-11-27-14-16-13-24(9-8-20(16)25)21(26)15-2-1-3-18(23)12-15/h1-7,12,16,20H,8-11,13-14H2/t16-,20+/m1/s1. The van der Waals surface area contributed by atoms with Crippen LogP contribution in [0, 0.1) is 17.6 Å². The van der Waals surface area contributed by atoms with E-state index in [0.717, 1.165) is 18.7 Å². The van der Waals surface area contributed by atoms with Crippen molar-refractivity contribution in [3.8, 4) is 0 Å². The van der Waals surface area contributed by atoms with Crippen molar-refractivity contribution in [1.29, 1.82) is 0 Å². The summed E-state index contributed by atoms with van der Waals surface area (Å²) < 4.78 is 32.5. The number of halogens is 2. The molecule has 2 saturated heterocycles. The predicted molar refractivity (Wildman–Crippen MR) is 98.8 cm³/mol. The Balaban J connectivity index is 1.52. The zero-order valence-corrected chi connectivity index (χ0v) is 15.0. The van der Waals surface area contributed by atoms with E-state index in [9.17, 15) is 13.6 Å². The van der Waals surface area contributed by atoms with Gasteiger partial charge in [-0.1, -0.05) is 6.07 Å². The quantitative estimate of drug-likeness (QED) is 0.811. The van der Waals surface area contributed by atoms with E-state index in [1.165, 1.54) is 24.3 Å². The summed E-state index contributed by atoms with van der Waals surface area (Å²) in [5.41, 5.74) is 1.35. The number of benzene rings is 2. The van der Waals surface area contributed by atoms with Gasteiger partial charge in [0.1, 0.15) is 11.6 Å². The number of hydrogen-bond acceptors (Lipinski definition) is 3. The Morgan fingerprint density at radius 3 is 2.63 bits per heavy atom. The lowest BCUT2D eigenvalue weighted by atomic mass is 9.90. The largest absolute Gasteiger partial charge is 0.379 e. The van der Waals surface area contributed by atoms with Crippen molar-refractivity contribution >= 4 is 11.6 Å². The number of likely N-dealkylation sites (tertiary alicyclic amines) is 1. The molecule has 2 aromatic carbocycles. The molecule has 0 radical (unpaired) electrons. The van der Waals surface area contributed by atoms with E-state index in [1.807, 2.05) is 0 Å². The Hall–Kier alpha value is -2.47. The van der Waals surface area contributed by atoms with Gasteiger partial charge in [-0.25, -0.2) is 8.78 Å². The van der Waals surface area contributed by atoms with Crippen molar-refractivity contribution in [1.82, 2.24) is 4.90 Å². The first-order valence-electron chi connectivity index (χ1n) is 9.26. The van der Waals surface area contributed by atoms with Gasteiger partial charge in [-0.05, 0) is 48.9 Å². The molecule has 2 aliphatic heterocycles. The molecule has 2 fully saturated rings. The third-order valence-corrected chi connectivity index (χ3v) is 5.42. The Labute approximate surface area is 157 Å². The van der Waals surface area contributed by atoms with Crippen molar-refractivity contribution in [3.05, 3.63) is 65.7 Å². The number of amides is 1. The Bertz CT molecular complexity index is 812. The molecule has 2 atom stereocenters. The van der Waals surface area contributed by atoms with Crippen LogP contribution in [0.2, 0.25) is 0 Å². The highest BCUT2D eigenvalue weighted by Crippen LogP contribution is 2.30. The van der Waals surface area contributed by atoms with E-state index in [-0.39, 0.29) is 23.7 Å². The van der Waals surface area contributed by atoms with E-state index < -0.39 is 5.82 Å². The molecular formula is C21H22F2N2O2. The van der Waals surface area contributed by atoms with Gasteiger partial charge in [-0.15, -0.1) is 0 Å². The first-order valence-corrected chi connectivity index (χ1v) is 9.26. The van der Waals surface area contributed by atoms with Gasteiger partial charge in [0.15, 0.2) is 0 Å². The number of ether oxygens (including phenoxy) is 1. The normalized spacial score (nSPS) is 22.9. The van der Waals surface area contributed by atoms with Crippen molar-refractivity contribution in [2.45, 2.75) is 12.5 Å². The van der Waals surface area contributed by atoms with Crippen LogP contribution < -0.4 is 4.90 Å². The van der Waals surface area contributed by atoms with Crippen LogP contribution in [0.4, 0.5) is 14.5 Å². The molecule has 4 rings (SSSR count). The second kappa shape index (κ2) is 7.64. The number of carbonyl (C=O) groups excluding carboxylic acids is 1. The molecule has 142 valence electrons. The molecule has 0 bridgehead atoms. The Kier molecular flexibility index (Phi) is 5.07. The third kappa shape index (κ3) is 3.81. The minimum Gasteiger partial charge on any atom is -0.379 e. The second-order valence-corrected chi connectivity index (χ2v) is 7.12. The van der Waals surface area contributed by atoms with E-state index in [1.54, 1.807) is 29.2 Å². The lowest BCUT2D eigenvalue weighted by Crippen LogP contribution is -2.53. The minimum absolute atomic E-state index is 0.148. The van der Waals surface area contributed by atoms with E-state index in [0.29, 0.717) is 31.9 Å². The molecule has 2 aromatic rings.